The molecule has 0 saturated heterocycles. The summed E-state index contributed by atoms with van der Waals surface area (Å²) in [7, 11) is -3.54. The lowest BCUT2D eigenvalue weighted by molar-refractivity contribution is 0.0951. The first-order valence-corrected chi connectivity index (χ1v) is 12.1. The van der Waals surface area contributed by atoms with Gasteiger partial charge >= 0.3 is 0 Å². The first-order chi connectivity index (χ1) is 14.8. The fourth-order valence-electron chi connectivity index (χ4n) is 3.21. The quantitative estimate of drug-likeness (QED) is 0.527. The predicted molar refractivity (Wildman–Crippen MR) is 126 cm³/mol. The number of nitrogens with zero attached hydrogens (tertiary/aromatic N) is 1. The second-order valence-electron chi connectivity index (χ2n) is 7.44. The van der Waals surface area contributed by atoms with E-state index >= 15 is 0 Å². The summed E-state index contributed by atoms with van der Waals surface area (Å²) in [4.78, 5) is 12.5. The van der Waals surface area contributed by atoms with Gasteiger partial charge in [0.2, 0.25) is 10.0 Å². The zero-order chi connectivity index (χ0) is 22.4. The standard InChI is InChI=1S/C24H25ClN2O3S/c1-18(20-8-4-3-5-9-20)16-26-24(28)21-14-12-19(13-15-21)17-27(31(2,29)30)23-11-7-6-10-22(23)25/h3-15,18H,16-17H2,1-2H3,(H,26,28). The lowest BCUT2D eigenvalue weighted by Crippen LogP contribution is -2.29. The van der Waals surface area contributed by atoms with Gasteiger partial charge in [-0.25, -0.2) is 8.42 Å². The highest BCUT2D eigenvalue weighted by molar-refractivity contribution is 7.92. The number of benzene rings is 3. The average molecular weight is 457 g/mol. The van der Waals surface area contributed by atoms with Crippen molar-refractivity contribution in [3.63, 3.8) is 0 Å². The molecule has 3 aromatic rings. The monoisotopic (exact) mass is 456 g/mol. The van der Waals surface area contributed by atoms with Crippen LogP contribution in [0.25, 0.3) is 0 Å². The number of para-hydroxylation sites is 1. The van der Waals surface area contributed by atoms with E-state index in [2.05, 4.69) is 12.2 Å². The average Bonchev–Trinajstić information content (AvgIpc) is 2.76. The van der Waals surface area contributed by atoms with Gasteiger partial charge < -0.3 is 5.32 Å². The van der Waals surface area contributed by atoms with E-state index in [0.717, 1.165) is 11.8 Å². The molecule has 0 heterocycles. The SMILES string of the molecule is CC(CNC(=O)c1ccc(CN(c2ccccc2Cl)S(C)(=O)=O)cc1)c1ccccc1. The van der Waals surface area contributed by atoms with Gasteiger partial charge in [0.15, 0.2) is 0 Å². The fourth-order valence-corrected chi connectivity index (χ4v) is 4.40. The zero-order valence-corrected chi connectivity index (χ0v) is 19.0. The van der Waals surface area contributed by atoms with E-state index < -0.39 is 10.0 Å². The van der Waals surface area contributed by atoms with Gasteiger partial charge in [0.25, 0.3) is 5.91 Å². The van der Waals surface area contributed by atoms with Crippen molar-refractivity contribution >= 4 is 33.2 Å². The number of amides is 1. The molecule has 0 bridgehead atoms. The highest BCUT2D eigenvalue weighted by Gasteiger charge is 2.20. The number of nitrogens with one attached hydrogen (secondary N) is 1. The number of anilines is 1. The minimum atomic E-state index is -3.54. The number of hydrogen-bond donors (Lipinski definition) is 1. The molecule has 162 valence electrons. The number of carbonyl (C=O) groups excluding carboxylic acids is 1. The molecule has 0 saturated carbocycles. The molecule has 0 aromatic heterocycles. The lowest BCUT2D eigenvalue weighted by Gasteiger charge is -2.23. The van der Waals surface area contributed by atoms with Crippen molar-refractivity contribution in [1.82, 2.24) is 5.32 Å². The zero-order valence-electron chi connectivity index (χ0n) is 17.5. The molecule has 1 N–H and O–H groups in total. The van der Waals surface area contributed by atoms with Crippen LogP contribution in [0.4, 0.5) is 5.69 Å². The van der Waals surface area contributed by atoms with Crippen LogP contribution in [0.2, 0.25) is 5.02 Å². The molecule has 0 fully saturated rings. The highest BCUT2D eigenvalue weighted by atomic mass is 35.5. The number of halogens is 1. The number of carbonyl (C=O) groups is 1. The Bertz CT molecular complexity index is 1130. The summed E-state index contributed by atoms with van der Waals surface area (Å²) in [6, 6.07) is 23.7. The van der Waals surface area contributed by atoms with E-state index in [0.29, 0.717) is 22.8 Å². The molecule has 31 heavy (non-hydrogen) atoms. The number of sulfonamides is 1. The van der Waals surface area contributed by atoms with Gasteiger partial charge in [-0.3, -0.25) is 9.10 Å². The van der Waals surface area contributed by atoms with Gasteiger partial charge in [-0.1, -0.05) is 73.1 Å². The molecule has 3 aromatic carbocycles. The van der Waals surface area contributed by atoms with Crippen LogP contribution in [-0.2, 0) is 16.6 Å². The van der Waals surface area contributed by atoms with Crippen LogP contribution in [0, 0.1) is 0 Å². The van der Waals surface area contributed by atoms with Crippen LogP contribution in [0.5, 0.6) is 0 Å². The minimum absolute atomic E-state index is 0.121. The van der Waals surface area contributed by atoms with E-state index in [1.807, 2.05) is 30.3 Å². The molecule has 0 spiro atoms. The van der Waals surface area contributed by atoms with Gasteiger partial charge in [0, 0.05) is 12.1 Å². The molecular formula is C24H25ClN2O3S. The van der Waals surface area contributed by atoms with Crippen LogP contribution in [-0.4, -0.2) is 27.1 Å². The summed E-state index contributed by atoms with van der Waals surface area (Å²) in [6.07, 6.45) is 1.14. The molecule has 7 heteroatoms. The summed E-state index contributed by atoms with van der Waals surface area (Å²) in [5.74, 6) is 0.0313. The van der Waals surface area contributed by atoms with E-state index in [4.69, 9.17) is 11.6 Å². The number of rotatable bonds is 8. The van der Waals surface area contributed by atoms with E-state index in [1.54, 1.807) is 48.5 Å². The Morgan fingerprint density at radius 2 is 1.58 bits per heavy atom. The molecule has 0 aliphatic carbocycles. The first-order valence-electron chi connectivity index (χ1n) is 9.90. The molecule has 1 amide bonds. The van der Waals surface area contributed by atoms with Crippen molar-refractivity contribution in [1.29, 1.82) is 0 Å². The Morgan fingerprint density at radius 1 is 0.968 bits per heavy atom. The van der Waals surface area contributed by atoms with Crippen LogP contribution < -0.4 is 9.62 Å². The Balaban J connectivity index is 1.67. The lowest BCUT2D eigenvalue weighted by atomic mass is 10.0. The summed E-state index contributed by atoms with van der Waals surface area (Å²) in [6.45, 7) is 2.71. The van der Waals surface area contributed by atoms with Gasteiger partial charge in [-0.2, -0.15) is 0 Å². The Labute approximate surface area is 188 Å². The molecule has 1 atom stereocenters. The molecule has 3 rings (SSSR count). The van der Waals surface area contributed by atoms with E-state index in [1.165, 1.54) is 9.87 Å². The van der Waals surface area contributed by atoms with E-state index in [9.17, 15) is 13.2 Å². The Hall–Kier alpha value is -2.83. The van der Waals surface area contributed by atoms with Gasteiger partial charge in [0.1, 0.15) is 0 Å². The van der Waals surface area contributed by atoms with Crippen molar-refractivity contribution in [2.75, 3.05) is 17.1 Å². The van der Waals surface area contributed by atoms with Crippen LogP contribution in [0.3, 0.4) is 0 Å². The first kappa shape index (κ1) is 22.8. The molecule has 0 radical (unpaired) electrons. The summed E-state index contributed by atoms with van der Waals surface area (Å²) in [5, 5.41) is 3.31. The normalized spacial score (nSPS) is 12.2. The minimum Gasteiger partial charge on any atom is -0.351 e. The topological polar surface area (TPSA) is 66.5 Å². The third-order valence-corrected chi connectivity index (χ3v) is 6.45. The van der Waals surface area contributed by atoms with Crippen LogP contribution >= 0.6 is 11.6 Å². The van der Waals surface area contributed by atoms with Crippen molar-refractivity contribution in [3.8, 4) is 0 Å². The van der Waals surface area contributed by atoms with Gasteiger partial charge in [-0.15, -0.1) is 0 Å². The fraction of sp³-hybridized carbons (Fsp3) is 0.208. The summed E-state index contributed by atoms with van der Waals surface area (Å²) in [5.41, 5.74) is 2.86. The Kier molecular flexibility index (Phi) is 7.36. The highest BCUT2D eigenvalue weighted by Crippen LogP contribution is 2.28. The Morgan fingerprint density at radius 3 is 2.19 bits per heavy atom. The second-order valence-corrected chi connectivity index (χ2v) is 9.75. The largest absolute Gasteiger partial charge is 0.351 e. The van der Waals surface area contributed by atoms with Gasteiger partial charge in [0.05, 0.1) is 23.5 Å². The van der Waals surface area contributed by atoms with Crippen molar-refractivity contribution in [2.45, 2.75) is 19.4 Å². The summed E-state index contributed by atoms with van der Waals surface area (Å²) >= 11 is 6.20. The summed E-state index contributed by atoms with van der Waals surface area (Å²) < 4.78 is 25.9. The second kappa shape index (κ2) is 9.98. The molecule has 5 nitrogen and oxygen atoms in total. The van der Waals surface area contributed by atoms with Crippen LogP contribution in [0.1, 0.15) is 34.3 Å². The maximum atomic E-state index is 12.5. The molecule has 0 aliphatic heterocycles. The van der Waals surface area contributed by atoms with Crippen molar-refractivity contribution < 1.29 is 13.2 Å². The molecular weight excluding hydrogens is 432 g/mol. The third kappa shape index (κ3) is 6.09. The molecule has 0 aliphatic rings. The predicted octanol–water partition coefficient (Wildman–Crippen LogP) is 4.84. The maximum Gasteiger partial charge on any atom is 0.251 e. The number of hydrogen-bond acceptors (Lipinski definition) is 3. The van der Waals surface area contributed by atoms with Crippen molar-refractivity contribution in [2.24, 2.45) is 0 Å². The van der Waals surface area contributed by atoms with Crippen molar-refractivity contribution in [3.05, 3.63) is 101 Å². The smallest absolute Gasteiger partial charge is 0.251 e. The van der Waals surface area contributed by atoms with E-state index in [-0.39, 0.29) is 18.4 Å². The van der Waals surface area contributed by atoms with Gasteiger partial charge in [-0.05, 0) is 41.3 Å². The van der Waals surface area contributed by atoms with Crippen LogP contribution in [0.15, 0.2) is 78.9 Å². The third-order valence-electron chi connectivity index (χ3n) is 5.00. The maximum absolute atomic E-state index is 12.5. The molecule has 1 unspecified atom stereocenters.